The molecule has 1 heterocycles. The molecule has 3 rings (SSSR count). The molecule has 39 heavy (non-hydrogen) atoms. The van der Waals surface area contributed by atoms with Gasteiger partial charge in [0.15, 0.2) is 5.82 Å². The van der Waals surface area contributed by atoms with E-state index in [1.165, 1.54) is 29.2 Å². The number of carbonyl (C=O) groups is 1. The van der Waals surface area contributed by atoms with Crippen LogP contribution in [0.15, 0.2) is 24.5 Å². The van der Waals surface area contributed by atoms with E-state index in [-0.39, 0.29) is 24.5 Å². The Bertz CT molecular complexity index is 1160. The number of alkyl halides is 2. The van der Waals surface area contributed by atoms with Gasteiger partial charge in [0.25, 0.3) is 11.6 Å². The minimum atomic E-state index is -3.09. The lowest BCUT2D eigenvalue weighted by Crippen LogP contribution is -2.49. The summed E-state index contributed by atoms with van der Waals surface area (Å²) in [4.78, 5) is 27.6. The maximum atomic E-state index is 14.6. The Morgan fingerprint density at radius 1 is 1.26 bits per heavy atom. The third kappa shape index (κ3) is 9.84. The Labute approximate surface area is 227 Å². The van der Waals surface area contributed by atoms with Gasteiger partial charge < -0.3 is 20.1 Å². The lowest BCUT2D eigenvalue weighted by molar-refractivity contribution is -0.384. The largest absolute Gasteiger partial charge is 0.444 e. The number of amides is 1. The summed E-state index contributed by atoms with van der Waals surface area (Å²) in [7, 11) is -1.22. The summed E-state index contributed by atoms with van der Waals surface area (Å²) < 4.78 is 41.6. The van der Waals surface area contributed by atoms with Crippen LogP contribution in [0, 0.1) is 10.1 Å². The van der Waals surface area contributed by atoms with E-state index in [1.807, 2.05) is 0 Å². The third-order valence-corrected chi connectivity index (χ3v) is 7.65. The van der Waals surface area contributed by atoms with E-state index >= 15 is 0 Å². The number of alkyl carbamates (subject to hydrolysis) is 1. The van der Waals surface area contributed by atoms with Crippen molar-refractivity contribution in [2.45, 2.75) is 96.1 Å². The normalized spacial score (nSPS) is 19.4. The summed E-state index contributed by atoms with van der Waals surface area (Å²) in [6.07, 6.45) is -0.232. The first-order valence-electron chi connectivity index (χ1n) is 12.9. The topological polar surface area (TPSA) is 133 Å². The number of hydrogen-bond acceptors (Lipinski definition) is 8. The number of aromatic nitrogens is 3. The Kier molecular flexibility index (Phi) is 9.31. The molecule has 1 aliphatic rings. The molecular formula is C25H38F2N6O5Si. The van der Waals surface area contributed by atoms with Gasteiger partial charge in [-0.2, -0.15) is 0 Å². The van der Waals surface area contributed by atoms with Crippen molar-refractivity contribution in [3.63, 3.8) is 0 Å². The molecule has 0 radical (unpaired) electrons. The molecule has 2 atom stereocenters. The average molecular weight is 569 g/mol. The standard InChI is InChI=1S/C25H38F2N6O5Si/c1-24(2,3)38-23(34)30-19-12-18(13-25(26,27)14-19)29-20-11-17(7-8-21(20)33(35)36)22-28-15-32(31-22)16-37-9-10-39(4,5)6/h7-8,11,15,18-19,29H,9-10,12-14,16H2,1-6H3,(H,30,34). The fourth-order valence-corrected chi connectivity index (χ4v) is 4.96. The van der Waals surface area contributed by atoms with Gasteiger partial charge in [0.05, 0.1) is 4.92 Å². The summed E-state index contributed by atoms with van der Waals surface area (Å²) in [5.74, 6) is -2.77. The monoisotopic (exact) mass is 568 g/mol. The molecule has 1 aliphatic carbocycles. The van der Waals surface area contributed by atoms with Crippen molar-refractivity contribution < 1.29 is 28.0 Å². The number of hydrogen-bond donors (Lipinski definition) is 2. The van der Waals surface area contributed by atoms with E-state index in [1.54, 1.807) is 20.8 Å². The number of anilines is 1. The minimum Gasteiger partial charge on any atom is -0.444 e. The fourth-order valence-electron chi connectivity index (χ4n) is 4.20. The highest BCUT2D eigenvalue weighted by atomic mass is 28.3. The first-order chi connectivity index (χ1) is 18.0. The zero-order valence-corrected chi connectivity index (χ0v) is 24.3. The predicted octanol–water partition coefficient (Wildman–Crippen LogP) is 5.66. The summed E-state index contributed by atoms with van der Waals surface area (Å²) in [5, 5.41) is 21.5. The molecule has 1 aromatic heterocycles. The Hall–Kier alpha value is -3.13. The number of nitrogens with zero attached hydrogens (tertiary/aromatic N) is 4. The van der Waals surface area contributed by atoms with Crippen molar-refractivity contribution in [1.82, 2.24) is 20.1 Å². The van der Waals surface area contributed by atoms with Crippen LogP contribution in [0.1, 0.15) is 40.0 Å². The van der Waals surface area contributed by atoms with Gasteiger partial charge in [-0.3, -0.25) is 10.1 Å². The number of nitrogens with one attached hydrogen (secondary N) is 2. The number of nitro groups is 1. The van der Waals surface area contributed by atoms with E-state index in [0.717, 1.165) is 6.04 Å². The highest BCUT2D eigenvalue weighted by molar-refractivity contribution is 6.76. The fraction of sp³-hybridized carbons (Fsp3) is 0.640. The smallest absolute Gasteiger partial charge is 0.407 e. The van der Waals surface area contributed by atoms with Crippen molar-refractivity contribution in [2.24, 2.45) is 0 Å². The zero-order valence-electron chi connectivity index (χ0n) is 23.3. The molecule has 1 aromatic carbocycles. The van der Waals surface area contributed by atoms with E-state index in [4.69, 9.17) is 9.47 Å². The predicted molar refractivity (Wildman–Crippen MR) is 146 cm³/mol. The van der Waals surface area contributed by atoms with Gasteiger partial charge in [-0.15, -0.1) is 5.10 Å². The third-order valence-electron chi connectivity index (χ3n) is 5.95. The van der Waals surface area contributed by atoms with Crippen molar-refractivity contribution in [2.75, 3.05) is 11.9 Å². The summed E-state index contributed by atoms with van der Waals surface area (Å²) in [5.41, 5.74) is -0.492. The van der Waals surface area contributed by atoms with E-state index < -0.39 is 55.5 Å². The van der Waals surface area contributed by atoms with Gasteiger partial charge >= 0.3 is 6.09 Å². The molecule has 14 heteroatoms. The number of benzene rings is 1. The SMILES string of the molecule is CC(C)(C)OC(=O)NC1CC(Nc2cc(-c3ncn(COCC[Si](C)(C)C)n3)ccc2[N+](=O)[O-])CC(F)(F)C1. The molecule has 1 amide bonds. The maximum Gasteiger partial charge on any atom is 0.407 e. The zero-order chi connectivity index (χ0) is 29.0. The number of nitro benzene ring substituents is 1. The average Bonchev–Trinajstić information content (AvgIpc) is 3.22. The Morgan fingerprint density at radius 2 is 1.95 bits per heavy atom. The highest BCUT2D eigenvalue weighted by Gasteiger charge is 2.42. The molecule has 216 valence electrons. The first-order valence-corrected chi connectivity index (χ1v) is 16.6. The van der Waals surface area contributed by atoms with Gasteiger partial charge in [-0.05, 0) is 45.4 Å². The Balaban J connectivity index is 1.73. The van der Waals surface area contributed by atoms with Crippen LogP contribution in [0.3, 0.4) is 0 Å². The lowest BCUT2D eigenvalue weighted by Gasteiger charge is -2.36. The van der Waals surface area contributed by atoms with Crippen LogP contribution in [0.5, 0.6) is 0 Å². The molecule has 1 fully saturated rings. The van der Waals surface area contributed by atoms with Crippen molar-refractivity contribution >= 4 is 25.5 Å². The second-order valence-corrected chi connectivity index (χ2v) is 17.8. The van der Waals surface area contributed by atoms with Crippen molar-refractivity contribution in [3.8, 4) is 11.4 Å². The molecule has 0 bridgehead atoms. The molecule has 0 saturated heterocycles. The van der Waals surface area contributed by atoms with Crippen molar-refractivity contribution in [1.29, 1.82) is 0 Å². The second kappa shape index (κ2) is 11.9. The number of halogens is 2. The molecular weight excluding hydrogens is 530 g/mol. The number of carbonyl (C=O) groups excluding carboxylic acids is 1. The van der Waals surface area contributed by atoms with Gasteiger partial charge in [0, 0.05) is 51.2 Å². The quantitative estimate of drug-likeness (QED) is 0.162. The number of ether oxygens (including phenoxy) is 2. The molecule has 0 spiro atoms. The van der Waals surface area contributed by atoms with Crippen LogP contribution in [0.4, 0.5) is 25.0 Å². The molecule has 0 aliphatic heterocycles. The second-order valence-electron chi connectivity index (χ2n) is 12.1. The van der Waals surface area contributed by atoms with Crippen LogP contribution in [-0.2, 0) is 16.2 Å². The number of rotatable bonds is 10. The van der Waals surface area contributed by atoms with E-state index in [9.17, 15) is 23.7 Å². The molecule has 2 unspecified atom stereocenters. The Morgan fingerprint density at radius 3 is 2.59 bits per heavy atom. The molecule has 2 N–H and O–H groups in total. The highest BCUT2D eigenvalue weighted by Crippen LogP contribution is 2.37. The maximum absolute atomic E-state index is 14.6. The van der Waals surface area contributed by atoms with Gasteiger partial charge in [0.1, 0.15) is 24.3 Å². The van der Waals surface area contributed by atoms with Crippen molar-refractivity contribution in [3.05, 3.63) is 34.6 Å². The van der Waals surface area contributed by atoms with Crippen LogP contribution in [0.25, 0.3) is 11.4 Å². The first kappa shape index (κ1) is 30.4. The van der Waals surface area contributed by atoms with Crippen LogP contribution in [0.2, 0.25) is 25.7 Å². The van der Waals surface area contributed by atoms with Crippen LogP contribution >= 0.6 is 0 Å². The molecule has 1 saturated carbocycles. The van der Waals surface area contributed by atoms with E-state index in [0.29, 0.717) is 18.0 Å². The van der Waals surface area contributed by atoms with Gasteiger partial charge in [-0.25, -0.2) is 23.2 Å². The van der Waals surface area contributed by atoms with Crippen LogP contribution < -0.4 is 10.6 Å². The van der Waals surface area contributed by atoms with E-state index in [2.05, 4.69) is 40.4 Å². The molecule has 11 nitrogen and oxygen atoms in total. The molecule has 2 aromatic rings. The summed E-state index contributed by atoms with van der Waals surface area (Å²) >= 11 is 0. The lowest BCUT2D eigenvalue weighted by atomic mass is 9.87. The summed E-state index contributed by atoms with van der Waals surface area (Å²) in [6, 6.07) is 3.58. The van der Waals surface area contributed by atoms with Gasteiger partial charge in [0.2, 0.25) is 0 Å². The van der Waals surface area contributed by atoms with Gasteiger partial charge in [-0.1, -0.05) is 19.6 Å². The summed E-state index contributed by atoms with van der Waals surface area (Å²) in [6.45, 7) is 12.7. The van der Waals surface area contributed by atoms with Crippen LogP contribution in [-0.4, -0.2) is 64.1 Å². The minimum absolute atomic E-state index is 0.0685.